The average Bonchev–Trinajstić information content (AvgIpc) is 2.97. The van der Waals surface area contributed by atoms with E-state index in [1.54, 1.807) is 6.92 Å². The Kier molecular flexibility index (Phi) is 3.06. The molecule has 3 unspecified atom stereocenters. The molecule has 2 heterocycles. The van der Waals surface area contributed by atoms with E-state index >= 15 is 0 Å². The number of hydrogen-bond acceptors (Lipinski definition) is 5. The molecule has 1 aromatic heterocycles. The van der Waals surface area contributed by atoms with Crippen molar-refractivity contribution < 1.29 is 14.4 Å². The molecule has 1 aromatic rings. The normalized spacial score (nSPS) is 30.7. The highest BCUT2D eigenvalue weighted by Gasteiger charge is 2.42. The quantitative estimate of drug-likeness (QED) is 0.821. The second-order valence-electron chi connectivity index (χ2n) is 5.64. The van der Waals surface area contributed by atoms with E-state index in [0.717, 1.165) is 30.7 Å². The number of fused-ring (bicyclic) bond motifs is 1. The van der Waals surface area contributed by atoms with Gasteiger partial charge in [-0.1, -0.05) is 0 Å². The molecule has 3 atom stereocenters. The van der Waals surface area contributed by atoms with E-state index in [9.17, 15) is 14.7 Å². The number of aromatic nitrogens is 1. The third kappa shape index (κ3) is 2.26. The van der Waals surface area contributed by atoms with E-state index < -0.39 is 5.56 Å². The molecule has 19 heavy (non-hydrogen) atoms. The van der Waals surface area contributed by atoms with Gasteiger partial charge in [-0.15, -0.1) is 4.74 Å². The fraction of sp³-hybridized carbons (Fsp3) is 0.692. The molecule has 0 amide bonds. The van der Waals surface area contributed by atoms with Gasteiger partial charge in [0.25, 0.3) is 11.5 Å². The van der Waals surface area contributed by atoms with Crippen LogP contribution in [0.2, 0.25) is 0 Å². The Labute approximate surface area is 110 Å². The Balaban J connectivity index is 1.65. The zero-order valence-corrected chi connectivity index (χ0v) is 10.9. The van der Waals surface area contributed by atoms with Crippen molar-refractivity contribution in [1.82, 2.24) is 9.64 Å². The van der Waals surface area contributed by atoms with Gasteiger partial charge in [0.05, 0.1) is 12.6 Å². The minimum absolute atomic E-state index is 0.173. The summed E-state index contributed by atoms with van der Waals surface area (Å²) in [6, 6.07) is 1.31. The third-order valence-corrected chi connectivity index (χ3v) is 4.24. The predicted molar refractivity (Wildman–Crippen MR) is 67.0 cm³/mol. The number of nitrogens with zero attached hydrogens (tertiary/aromatic N) is 2. The van der Waals surface area contributed by atoms with Gasteiger partial charge in [-0.3, -0.25) is 14.5 Å². The summed E-state index contributed by atoms with van der Waals surface area (Å²) in [6.07, 6.45) is 1.66. The van der Waals surface area contributed by atoms with Crippen LogP contribution in [-0.2, 0) is 0 Å². The zero-order chi connectivity index (χ0) is 13.6. The van der Waals surface area contributed by atoms with Crippen LogP contribution in [0, 0.1) is 18.8 Å². The molecule has 0 bridgehead atoms. The first-order chi connectivity index (χ1) is 9.04. The molecule has 2 fully saturated rings. The van der Waals surface area contributed by atoms with E-state index in [-0.39, 0.29) is 24.5 Å². The largest absolute Gasteiger partial charge is 0.393 e. The van der Waals surface area contributed by atoms with E-state index in [0.29, 0.717) is 11.7 Å². The molecule has 1 aliphatic carbocycles. The van der Waals surface area contributed by atoms with Crippen molar-refractivity contribution >= 4 is 5.91 Å². The van der Waals surface area contributed by atoms with Crippen molar-refractivity contribution in [3.05, 3.63) is 22.2 Å². The van der Waals surface area contributed by atoms with Gasteiger partial charge in [-0.25, -0.2) is 0 Å². The smallest absolute Gasteiger partial charge is 0.290 e. The average molecular weight is 266 g/mol. The number of hydrogen-bond donors (Lipinski definition) is 1. The first-order valence-electron chi connectivity index (χ1n) is 6.68. The van der Waals surface area contributed by atoms with Gasteiger partial charge in [0.15, 0.2) is 0 Å². The topological polar surface area (TPSA) is 75.7 Å². The lowest BCUT2D eigenvalue weighted by molar-refractivity contribution is 0.0712. The van der Waals surface area contributed by atoms with Crippen LogP contribution in [0.5, 0.6) is 0 Å². The maximum absolute atomic E-state index is 12.0. The fourth-order valence-electron chi connectivity index (χ4n) is 3.34. The first kappa shape index (κ1) is 12.6. The van der Waals surface area contributed by atoms with Crippen LogP contribution in [0.3, 0.4) is 0 Å². The van der Waals surface area contributed by atoms with Crippen molar-refractivity contribution in [1.29, 1.82) is 0 Å². The summed E-state index contributed by atoms with van der Waals surface area (Å²) in [6.45, 7) is 3.36. The molecule has 3 rings (SSSR count). The fourth-order valence-corrected chi connectivity index (χ4v) is 3.34. The van der Waals surface area contributed by atoms with Gasteiger partial charge in [-0.2, -0.15) is 0 Å². The summed E-state index contributed by atoms with van der Waals surface area (Å²) < 4.78 is 5.90. The lowest BCUT2D eigenvalue weighted by Gasteiger charge is -2.16. The summed E-state index contributed by atoms with van der Waals surface area (Å²) in [4.78, 5) is 25.5. The highest BCUT2D eigenvalue weighted by Crippen LogP contribution is 2.37. The monoisotopic (exact) mass is 266 g/mol. The van der Waals surface area contributed by atoms with Crippen LogP contribution in [0.1, 0.15) is 23.4 Å². The Bertz CT molecular complexity index is 547. The van der Waals surface area contributed by atoms with Gasteiger partial charge in [0.1, 0.15) is 5.76 Å². The predicted octanol–water partition coefficient (Wildman–Crippen LogP) is 0.0926. The number of aliphatic hydroxyl groups excluding tert-OH is 1. The highest BCUT2D eigenvalue weighted by molar-refractivity contribution is 5.79. The molecule has 104 valence electrons. The van der Waals surface area contributed by atoms with Gasteiger partial charge in [0, 0.05) is 25.1 Å². The molecule has 1 aliphatic heterocycles. The van der Waals surface area contributed by atoms with Gasteiger partial charge < -0.3 is 9.63 Å². The van der Waals surface area contributed by atoms with Crippen LogP contribution in [0.15, 0.2) is 15.4 Å². The van der Waals surface area contributed by atoms with Crippen molar-refractivity contribution in [3.8, 4) is 0 Å². The molecule has 0 spiro atoms. The molecule has 1 saturated carbocycles. The van der Waals surface area contributed by atoms with Crippen molar-refractivity contribution in [2.24, 2.45) is 11.8 Å². The lowest BCUT2D eigenvalue weighted by Crippen LogP contribution is -2.35. The van der Waals surface area contributed by atoms with Crippen molar-refractivity contribution in [3.63, 3.8) is 0 Å². The summed E-state index contributed by atoms with van der Waals surface area (Å²) in [5.41, 5.74) is -0.415. The van der Waals surface area contributed by atoms with E-state index in [1.807, 2.05) is 4.90 Å². The van der Waals surface area contributed by atoms with Crippen molar-refractivity contribution in [2.45, 2.75) is 25.9 Å². The molecular weight excluding hydrogens is 248 g/mol. The number of likely N-dealkylation sites (tertiary alicyclic amines) is 1. The molecule has 6 nitrogen and oxygen atoms in total. The molecule has 1 saturated heterocycles. The highest BCUT2D eigenvalue weighted by atomic mass is 16.5. The molecule has 6 heteroatoms. The summed E-state index contributed by atoms with van der Waals surface area (Å²) in [5.74, 6) is 0.861. The van der Waals surface area contributed by atoms with Crippen LogP contribution in [0.4, 0.5) is 0 Å². The second-order valence-corrected chi connectivity index (χ2v) is 5.64. The number of carbonyl (C=O) groups is 1. The minimum atomic E-state index is -0.415. The van der Waals surface area contributed by atoms with Crippen LogP contribution >= 0.6 is 0 Å². The number of aliphatic hydroxyl groups is 1. The van der Waals surface area contributed by atoms with Crippen molar-refractivity contribution in [2.75, 3.05) is 19.6 Å². The standard InChI is InChI=1S/C13H18N2O4/c1-8-4-12(17)15(19-8)13(18)7-14-5-9-2-3-11(16)10(9)6-14/h4,9-11,16H,2-3,5-7H2,1H3. The second kappa shape index (κ2) is 4.61. The van der Waals surface area contributed by atoms with Gasteiger partial charge in [-0.05, 0) is 25.7 Å². The SMILES string of the molecule is Cc1cc(=O)n(C(=O)CN2CC3CCC(O)C3C2)o1. The Morgan fingerprint density at radius 1 is 1.47 bits per heavy atom. The van der Waals surface area contributed by atoms with E-state index in [2.05, 4.69) is 0 Å². The molecule has 1 N–H and O–H groups in total. The first-order valence-corrected chi connectivity index (χ1v) is 6.68. The number of aryl methyl sites for hydroxylation is 1. The number of rotatable bonds is 2. The van der Waals surface area contributed by atoms with E-state index in [4.69, 9.17) is 4.52 Å². The maximum atomic E-state index is 12.0. The van der Waals surface area contributed by atoms with Crippen LogP contribution in [-0.4, -0.2) is 46.4 Å². The Morgan fingerprint density at radius 3 is 2.89 bits per heavy atom. The maximum Gasteiger partial charge on any atom is 0.290 e. The molecule has 0 aromatic carbocycles. The van der Waals surface area contributed by atoms with Crippen LogP contribution < -0.4 is 5.56 Å². The third-order valence-electron chi connectivity index (χ3n) is 4.24. The molecular formula is C13H18N2O4. The summed E-state index contributed by atoms with van der Waals surface area (Å²) in [7, 11) is 0. The Morgan fingerprint density at radius 2 is 2.26 bits per heavy atom. The number of carbonyl (C=O) groups excluding carboxylic acids is 1. The zero-order valence-electron chi connectivity index (χ0n) is 10.9. The van der Waals surface area contributed by atoms with Gasteiger partial charge in [0.2, 0.25) is 0 Å². The summed E-state index contributed by atoms with van der Waals surface area (Å²) >= 11 is 0. The van der Waals surface area contributed by atoms with Gasteiger partial charge >= 0.3 is 0 Å². The van der Waals surface area contributed by atoms with Crippen LogP contribution in [0.25, 0.3) is 0 Å². The molecule has 2 aliphatic rings. The summed E-state index contributed by atoms with van der Waals surface area (Å²) in [5, 5.41) is 9.83. The lowest BCUT2D eigenvalue weighted by atomic mass is 10.00. The molecule has 0 radical (unpaired) electrons. The van der Waals surface area contributed by atoms with E-state index in [1.165, 1.54) is 6.07 Å². The minimum Gasteiger partial charge on any atom is -0.393 e. The Hall–Kier alpha value is -1.40.